The first kappa shape index (κ1) is 15.6. The van der Waals surface area contributed by atoms with Gasteiger partial charge in [0.25, 0.3) is 0 Å². The molecule has 0 unspecified atom stereocenters. The van der Waals surface area contributed by atoms with Gasteiger partial charge in [0.2, 0.25) is 5.75 Å². The number of carboxylic acids is 1. The van der Waals surface area contributed by atoms with Gasteiger partial charge in [-0.1, -0.05) is 29.8 Å². The summed E-state index contributed by atoms with van der Waals surface area (Å²) in [5, 5.41) is 29.9. The summed E-state index contributed by atoms with van der Waals surface area (Å²) in [6.45, 7) is -0.0631. The molecule has 0 saturated heterocycles. The Morgan fingerprint density at radius 3 is 2.59 bits per heavy atom. The van der Waals surface area contributed by atoms with Gasteiger partial charge in [0.15, 0.2) is 0 Å². The monoisotopic (exact) mass is 323 g/mol. The summed E-state index contributed by atoms with van der Waals surface area (Å²) in [4.78, 5) is 21.1. The van der Waals surface area contributed by atoms with Gasteiger partial charge < -0.3 is 14.9 Å². The summed E-state index contributed by atoms with van der Waals surface area (Å²) < 4.78 is 5.30. The number of benzene rings is 2. The molecular weight excluding hydrogens is 314 g/mol. The van der Waals surface area contributed by atoms with Crippen molar-refractivity contribution < 1.29 is 24.7 Å². The minimum Gasteiger partial charge on any atom is -0.507 e. The van der Waals surface area contributed by atoms with Crippen molar-refractivity contribution in [3.8, 4) is 11.5 Å². The largest absolute Gasteiger partial charge is 0.507 e. The number of ether oxygens (including phenoxy) is 1. The number of phenols is 1. The predicted molar refractivity (Wildman–Crippen MR) is 77.5 cm³/mol. The number of hydrogen-bond acceptors (Lipinski definition) is 5. The van der Waals surface area contributed by atoms with Crippen molar-refractivity contribution in [2.24, 2.45) is 0 Å². The second-order valence-corrected chi connectivity index (χ2v) is 4.69. The first-order valence-corrected chi connectivity index (χ1v) is 6.39. The fraction of sp³-hybridized carbons (Fsp3) is 0.0714. The van der Waals surface area contributed by atoms with E-state index in [4.69, 9.17) is 21.4 Å². The van der Waals surface area contributed by atoms with Crippen molar-refractivity contribution in [1.82, 2.24) is 0 Å². The molecule has 2 rings (SSSR count). The molecule has 0 aromatic heterocycles. The Labute approximate surface area is 129 Å². The molecule has 0 radical (unpaired) electrons. The molecule has 0 spiro atoms. The van der Waals surface area contributed by atoms with Crippen LogP contribution in [-0.2, 0) is 6.61 Å². The lowest BCUT2D eigenvalue weighted by Crippen LogP contribution is -2.03. The summed E-state index contributed by atoms with van der Waals surface area (Å²) in [6, 6.07) is 8.42. The van der Waals surface area contributed by atoms with Crippen LogP contribution in [0.25, 0.3) is 0 Å². The molecule has 0 saturated carbocycles. The number of nitro groups is 1. The molecule has 0 aliphatic carbocycles. The first-order chi connectivity index (χ1) is 10.4. The van der Waals surface area contributed by atoms with E-state index in [1.54, 1.807) is 24.3 Å². The van der Waals surface area contributed by atoms with Crippen LogP contribution in [0.4, 0.5) is 5.69 Å². The van der Waals surface area contributed by atoms with E-state index in [1.807, 2.05) is 0 Å². The number of aromatic carboxylic acids is 1. The van der Waals surface area contributed by atoms with Gasteiger partial charge in [-0.15, -0.1) is 0 Å². The lowest BCUT2D eigenvalue weighted by atomic mass is 10.1. The molecule has 0 bridgehead atoms. The van der Waals surface area contributed by atoms with E-state index in [2.05, 4.69) is 0 Å². The molecule has 22 heavy (non-hydrogen) atoms. The zero-order valence-electron chi connectivity index (χ0n) is 11.0. The van der Waals surface area contributed by atoms with Gasteiger partial charge in [-0.2, -0.15) is 0 Å². The van der Waals surface area contributed by atoms with Crippen molar-refractivity contribution in [1.29, 1.82) is 0 Å². The minimum absolute atomic E-state index is 0.0631. The molecule has 8 heteroatoms. The number of carbonyl (C=O) groups is 1. The fourth-order valence-electron chi connectivity index (χ4n) is 1.76. The highest BCUT2D eigenvalue weighted by atomic mass is 35.5. The SMILES string of the molecule is O=C(O)c1cc([N+](=O)[O-])c(OCc2ccccc2Cl)cc1O. The average Bonchev–Trinajstić information content (AvgIpc) is 2.45. The van der Waals surface area contributed by atoms with Gasteiger partial charge in [0.05, 0.1) is 4.92 Å². The summed E-state index contributed by atoms with van der Waals surface area (Å²) in [7, 11) is 0. The van der Waals surface area contributed by atoms with Crippen LogP contribution in [0.15, 0.2) is 36.4 Å². The zero-order valence-corrected chi connectivity index (χ0v) is 11.8. The standard InChI is InChI=1S/C14H10ClNO6/c15-10-4-2-1-3-8(10)7-22-13-6-12(17)9(14(18)19)5-11(13)16(20)21/h1-6,17H,7H2,(H,18,19). The number of hydrogen-bond donors (Lipinski definition) is 2. The first-order valence-electron chi connectivity index (χ1n) is 6.01. The van der Waals surface area contributed by atoms with E-state index < -0.39 is 27.9 Å². The molecule has 2 aromatic rings. The summed E-state index contributed by atoms with van der Waals surface area (Å²) in [5.74, 6) is -2.34. The minimum atomic E-state index is -1.47. The van der Waals surface area contributed by atoms with Crippen LogP contribution in [0.1, 0.15) is 15.9 Å². The third kappa shape index (κ3) is 3.26. The van der Waals surface area contributed by atoms with Crippen LogP contribution < -0.4 is 4.74 Å². The maximum absolute atomic E-state index is 11.0. The normalized spacial score (nSPS) is 10.2. The van der Waals surface area contributed by atoms with Crippen molar-refractivity contribution in [2.75, 3.05) is 0 Å². The molecule has 0 atom stereocenters. The second-order valence-electron chi connectivity index (χ2n) is 4.28. The van der Waals surface area contributed by atoms with Crippen LogP contribution in [0.5, 0.6) is 11.5 Å². The molecule has 2 N–H and O–H groups in total. The summed E-state index contributed by atoms with van der Waals surface area (Å²) in [6.07, 6.45) is 0. The van der Waals surface area contributed by atoms with Gasteiger partial charge in [0.1, 0.15) is 17.9 Å². The Balaban J connectivity index is 2.34. The van der Waals surface area contributed by atoms with Crippen LogP contribution in [0.2, 0.25) is 5.02 Å². The number of nitro benzene ring substituents is 1. The molecule has 0 aliphatic heterocycles. The van der Waals surface area contributed by atoms with E-state index in [-0.39, 0.29) is 12.4 Å². The highest BCUT2D eigenvalue weighted by Crippen LogP contribution is 2.34. The number of carboxylic acid groups (broad SMARTS) is 1. The van der Waals surface area contributed by atoms with Crippen molar-refractivity contribution in [3.05, 3.63) is 62.7 Å². The summed E-state index contributed by atoms with van der Waals surface area (Å²) in [5.41, 5.74) is -0.528. The summed E-state index contributed by atoms with van der Waals surface area (Å²) >= 11 is 5.95. The number of rotatable bonds is 5. The van der Waals surface area contributed by atoms with Crippen LogP contribution in [-0.4, -0.2) is 21.1 Å². The van der Waals surface area contributed by atoms with Crippen molar-refractivity contribution in [3.63, 3.8) is 0 Å². The fourth-order valence-corrected chi connectivity index (χ4v) is 1.95. The Bertz CT molecular complexity index is 746. The molecule has 0 aliphatic rings. The van der Waals surface area contributed by atoms with E-state index in [0.717, 1.165) is 12.1 Å². The predicted octanol–water partition coefficient (Wildman–Crippen LogP) is 3.23. The highest BCUT2D eigenvalue weighted by molar-refractivity contribution is 6.31. The van der Waals surface area contributed by atoms with Crippen LogP contribution in [0, 0.1) is 10.1 Å². The lowest BCUT2D eigenvalue weighted by molar-refractivity contribution is -0.386. The van der Waals surface area contributed by atoms with Gasteiger partial charge in [-0.25, -0.2) is 4.79 Å². The quantitative estimate of drug-likeness (QED) is 0.645. The van der Waals surface area contributed by atoms with Crippen molar-refractivity contribution in [2.45, 2.75) is 6.61 Å². The highest BCUT2D eigenvalue weighted by Gasteiger charge is 2.22. The molecule has 0 fully saturated rings. The Hall–Kier alpha value is -2.80. The molecule has 114 valence electrons. The van der Waals surface area contributed by atoms with Gasteiger partial charge in [-0.3, -0.25) is 10.1 Å². The second kappa shape index (κ2) is 6.31. The van der Waals surface area contributed by atoms with E-state index in [1.165, 1.54) is 0 Å². The zero-order chi connectivity index (χ0) is 16.3. The van der Waals surface area contributed by atoms with E-state index in [9.17, 15) is 20.0 Å². The van der Waals surface area contributed by atoms with Gasteiger partial charge in [0, 0.05) is 22.7 Å². The number of halogens is 1. The average molecular weight is 324 g/mol. The molecule has 7 nitrogen and oxygen atoms in total. The molecular formula is C14H10ClNO6. The van der Waals surface area contributed by atoms with Gasteiger partial charge in [-0.05, 0) is 6.07 Å². The molecule has 0 heterocycles. The topological polar surface area (TPSA) is 110 Å². The maximum atomic E-state index is 11.0. The molecule has 0 amide bonds. The van der Waals surface area contributed by atoms with Crippen molar-refractivity contribution >= 4 is 23.3 Å². The third-order valence-corrected chi connectivity index (χ3v) is 3.21. The van der Waals surface area contributed by atoms with Gasteiger partial charge >= 0.3 is 11.7 Å². The lowest BCUT2D eigenvalue weighted by Gasteiger charge is -2.09. The van der Waals surface area contributed by atoms with E-state index >= 15 is 0 Å². The third-order valence-electron chi connectivity index (χ3n) is 2.85. The molecule has 2 aromatic carbocycles. The smallest absolute Gasteiger partial charge is 0.339 e. The van der Waals surface area contributed by atoms with E-state index in [0.29, 0.717) is 10.6 Å². The number of nitrogens with zero attached hydrogens (tertiary/aromatic N) is 1. The maximum Gasteiger partial charge on any atom is 0.339 e. The van der Waals surface area contributed by atoms with Crippen LogP contribution >= 0.6 is 11.6 Å². The van der Waals surface area contributed by atoms with Crippen LogP contribution in [0.3, 0.4) is 0 Å². The Kier molecular flexibility index (Phi) is 4.47. The Morgan fingerprint density at radius 2 is 2.00 bits per heavy atom. The Morgan fingerprint density at radius 1 is 1.32 bits per heavy atom. The number of aromatic hydroxyl groups is 1.